The van der Waals surface area contributed by atoms with Crippen molar-refractivity contribution in [2.45, 2.75) is 28.2 Å². The highest BCUT2D eigenvalue weighted by Gasteiger charge is 2.09. The minimum absolute atomic E-state index is 0. The van der Waals surface area contributed by atoms with Crippen molar-refractivity contribution in [2.75, 3.05) is 39.3 Å². The fraction of sp³-hybridized carbons (Fsp3) is 0.476. The first-order chi connectivity index (χ1) is 14.2. The van der Waals surface area contributed by atoms with Gasteiger partial charge in [0.15, 0.2) is 0 Å². The predicted octanol–water partition coefficient (Wildman–Crippen LogP) is -0.719. The van der Waals surface area contributed by atoms with Crippen LogP contribution in [0, 0.1) is 6.92 Å². The quantitative estimate of drug-likeness (QED) is 0.309. The molecule has 1 aromatic carbocycles. The van der Waals surface area contributed by atoms with Crippen molar-refractivity contribution in [3.8, 4) is 0 Å². The van der Waals surface area contributed by atoms with Crippen LogP contribution in [0.25, 0.3) is 0 Å². The SMILES string of the molecule is C.CCNCC(=O)NCC(=O)NCC(=O)NCC(=O)NCC(C)=O.Cc1ccccc1. The Kier molecular flexibility index (Phi) is 18.1. The molecule has 1 aromatic rings. The maximum atomic E-state index is 11.4. The monoisotopic (exact) mass is 437 g/mol. The number of ketones is 1. The lowest BCUT2D eigenvalue weighted by Crippen LogP contribution is -2.45. The standard InChI is InChI=1S/C13H23N5O5.C7H8.CH4/c1-3-14-5-10(20)16-7-12(22)18-8-13(23)17-6-11(21)15-4-9(2)19;1-7-5-3-2-4-6-7;/h14H,3-8H2,1-2H3,(H,15,21)(H,16,20)(H,17,23)(H,18,22);2-6H,1H3;1H4. The van der Waals surface area contributed by atoms with Crippen molar-refractivity contribution in [2.24, 2.45) is 0 Å². The summed E-state index contributed by atoms with van der Waals surface area (Å²) in [5, 5.41) is 12.1. The van der Waals surface area contributed by atoms with Gasteiger partial charge in [0, 0.05) is 0 Å². The van der Waals surface area contributed by atoms with E-state index in [9.17, 15) is 24.0 Å². The number of rotatable bonds is 11. The molecule has 0 aliphatic carbocycles. The van der Waals surface area contributed by atoms with Gasteiger partial charge in [0.2, 0.25) is 23.6 Å². The smallest absolute Gasteiger partial charge is 0.239 e. The number of nitrogens with one attached hydrogen (secondary N) is 5. The molecule has 174 valence electrons. The Morgan fingerprint density at radius 1 is 0.677 bits per heavy atom. The molecular formula is C21H35N5O5. The molecule has 10 heteroatoms. The summed E-state index contributed by atoms with van der Waals surface area (Å²) in [5.41, 5.74) is 1.32. The van der Waals surface area contributed by atoms with Gasteiger partial charge in [-0.15, -0.1) is 0 Å². The van der Waals surface area contributed by atoms with E-state index in [4.69, 9.17) is 0 Å². The van der Waals surface area contributed by atoms with Crippen molar-refractivity contribution >= 4 is 29.4 Å². The zero-order valence-electron chi connectivity index (χ0n) is 17.7. The summed E-state index contributed by atoms with van der Waals surface area (Å²) in [5.74, 6) is -2.11. The number of likely N-dealkylation sites (N-methyl/N-ethyl adjacent to an activating group) is 1. The third kappa shape index (κ3) is 19.8. The topological polar surface area (TPSA) is 146 Å². The summed E-state index contributed by atoms with van der Waals surface area (Å²) in [4.78, 5) is 55.9. The highest BCUT2D eigenvalue weighted by Crippen LogP contribution is 1.92. The molecule has 0 saturated carbocycles. The van der Waals surface area contributed by atoms with Crippen LogP contribution in [0.1, 0.15) is 26.8 Å². The van der Waals surface area contributed by atoms with Gasteiger partial charge in [-0.2, -0.15) is 0 Å². The number of Topliss-reactive ketones (excluding diaryl/α,β-unsaturated/α-hetero) is 1. The van der Waals surface area contributed by atoms with E-state index in [0.29, 0.717) is 6.54 Å². The predicted molar refractivity (Wildman–Crippen MR) is 119 cm³/mol. The van der Waals surface area contributed by atoms with Crippen LogP contribution in [-0.2, 0) is 24.0 Å². The highest BCUT2D eigenvalue weighted by molar-refractivity contribution is 5.91. The minimum atomic E-state index is -0.560. The Balaban J connectivity index is 0. The summed E-state index contributed by atoms with van der Waals surface area (Å²) >= 11 is 0. The second-order valence-corrected chi connectivity index (χ2v) is 6.24. The lowest BCUT2D eigenvalue weighted by atomic mass is 10.2. The van der Waals surface area contributed by atoms with Gasteiger partial charge in [-0.3, -0.25) is 24.0 Å². The second kappa shape index (κ2) is 18.7. The van der Waals surface area contributed by atoms with Crippen molar-refractivity contribution in [3.63, 3.8) is 0 Å². The van der Waals surface area contributed by atoms with Crippen LogP contribution in [0.15, 0.2) is 30.3 Å². The number of hydrogen-bond donors (Lipinski definition) is 5. The first-order valence-electron chi connectivity index (χ1n) is 9.53. The summed E-state index contributed by atoms with van der Waals surface area (Å²) in [6, 6.07) is 10.3. The maximum Gasteiger partial charge on any atom is 0.239 e. The summed E-state index contributed by atoms with van der Waals surface area (Å²) in [6.07, 6.45) is 0. The Morgan fingerprint density at radius 2 is 1.06 bits per heavy atom. The Labute approximate surface area is 183 Å². The molecular weight excluding hydrogens is 402 g/mol. The summed E-state index contributed by atoms with van der Waals surface area (Å²) in [6.45, 7) is 5.06. The molecule has 0 unspecified atom stereocenters. The molecule has 0 spiro atoms. The lowest BCUT2D eigenvalue weighted by Gasteiger charge is -2.08. The van der Waals surface area contributed by atoms with E-state index in [-0.39, 0.29) is 51.8 Å². The molecule has 0 radical (unpaired) electrons. The van der Waals surface area contributed by atoms with E-state index in [2.05, 4.69) is 45.6 Å². The first-order valence-corrected chi connectivity index (χ1v) is 9.53. The molecule has 0 bridgehead atoms. The van der Waals surface area contributed by atoms with Gasteiger partial charge in [0.05, 0.1) is 32.7 Å². The molecule has 0 fully saturated rings. The van der Waals surface area contributed by atoms with Gasteiger partial charge in [-0.05, 0) is 20.4 Å². The van der Waals surface area contributed by atoms with Gasteiger partial charge in [-0.1, -0.05) is 50.2 Å². The van der Waals surface area contributed by atoms with E-state index < -0.39 is 17.7 Å². The fourth-order valence-electron chi connectivity index (χ4n) is 1.78. The molecule has 0 atom stereocenters. The highest BCUT2D eigenvalue weighted by atomic mass is 16.2. The number of hydrogen-bond acceptors (Lipinski definition) is 6. The van der Waals surface area contributed by atoms with Crippen molar-refractivity contribution in [3.05, 3.63) is 35.9 Å². The van der Waals surface area contributed by atoms with E-state index in [0.717, 1.165) is 0 Å². The van der Waals surface area contributed by atoms with Crippen LogP contribution in [0.2, 0.25) is 0 Å². The van der Waals surface area contributed by atoms with Gasteiger partial charge in [0.25, 0.3) is 0 Å². The number of carbonyl (C=O) groups is 5. The molecule has 5 N–H and O–H groups in total. The number of aryl methyl sites for hydroxylation is 1. The largest absolute Gasteiger partial charge is 0.348 e. The van der Waals surface area contributed by atoms with E-state index in [1.54, 1.807) is 0 Å². The number of carbonyl (C=O) groups excluding carboxylic acids is 5. The lowest BCUT2D eigenvalue weighted by molar-refractivity contribution is -0.128. The van der Waals surface area contributed by atoms with E-state index in [1.807, 2.05) is 25.1 Å². The first kappa shape index (κ1) is 29.9. The third-order valence-corrected chi connectivity index (χ3v) is 3.35. The average molecular weight is 438 g/mol. The fourth-order valence-corrected chi connectivity index (χ4v) is 1.78. The van der Waals surface area contributed by atoms with Gasteiger partial charge >= 0.3 is 0 Å². The van der Waals surface area contributed by atoms with Crippen molar-refractivity contribution < 1.29 is 24.0 Å². The van der Waals surface area contributed by atoms with E-state index >= 15 is 0 Å². The molecule has 4 amide bonds. The zero-order chi connectivity index (χ0) is 22.8. The zero-order valence-corrected chi connectivity index (χ0v) is 17.7. The second-order valence-electron chi connectivity index (χ2n) is 6.24. The molecule has 0 saturated heterocycles. The Morgan fingerprint density at radius 3 is 1.39 bits per heavy atom. The molecule has 10 nitrogen and oxygen atoms in total. The average Bonchev–Trinajstić information content (AvgIpc) is 2.72. The molecule has 31 heavy (non-hydrogen) atoms. The Bertz CT molecular complexity index is 695. The maximum absolute atomic E-state index is 11.4. The molecule has 0 aliphatic rings. The van der Waals surface area contributed by atoms with E-state index in [1.165, 1.54) is 12.5 Å². The third-order valence-electron chi connectivity index (χ3n) is 3.35. The molecule has 1 rings (SSSR count). The van der Waals surface area contributed by atoms with Gasteiger partial charge in [0.1, 0.15) is 5.78 Å². The van der Waals surface area contributed by atoms with Gasteiger partial charge in [-0.25, -0.2) is 0 Å². The number of benzene rings is 1. The van der Waals surface area contributed by atoms with Gasteiger partial charge < -0.3 is 26.6 Å². The number of amides is 4. The van der Waals surface area contributed by atoms with Crippen LogP contribution in [-0.4, -0.2) is 68.7 Å². The minimum Gasteiger partial charge on any atom is -0.348 e. The molecule has 0 aliphatic heterocycles. The van der Waals surface area contributed by atoms with Crippen LogP contribution >= 0.6 is 0 Å². The normalized spacial score (nSPS) is 9.13. The van der Waals surface area contributed by atoms with Crippen LogP contribution in [0.3, 0.4) is 0 Å². The van der Waals surface area contributed by atoms with Crippen LogP contribution in [0.5, 0.6) is 0 Å². The molecule has 0 aromatic heterocycles. The van der Waals surface area contributed by atoms with Crippen LogP contribution < -0.4 is 26.6 Å². The van der Waals surface area contributed by atoms with Crippen LogP contribution in [0.4, 0.5) is 0 Å². The summed E-state index contributed by atoms with van der Waals surface area (Å²) < 4.78 is 0. The molecule has 0 heterocycles. The Hall–Kier alpha value is -3.27. The van der Waals surface area contributed by atoms with Crippen molar-refractivity contribution in [1.29, 1.82) is 0 Å². The summed E-state index contributed by atoms with van der Waals surface area (Å²) in [7, 11) is 0. The van der Waals surface area contributed by atoms with Crippen molar-refractivity contribution in [1.82, 2.24) is 26.6 Å².